The van der Waals surface area contributed by atoms with Gasteiger partial charge in [-0.25, -0.2) is 4.39 Å². The largest absolute Gasteiger partial charge is 0.289 e. The van der Waals surface area contributed by atoms with E-state index in [1.165, 1.54) is 24.3 Å². The van der Waals surface area contributed by atoms with E-state index in [2.05, 4.69) is 4.98 Å². The fourth-order valence-electron chi connectivity index (χ4n) is 1.97. The van der Waals surface area contributed by atoms with Crippen molar-refractivity contribution >= 4 is 5.78 Å². The Morgan fingerprint density at radius 1 is 1.25 bits per heavy atom. The van der Waals surface area contributed by atoms with Crippen molar-refractivity contribution in [1.29, 1.82) is 0 Å². The number of carbonyl (C=O) groups is 1. The van der Waals surface area contributed by atoms with E-state index >= 15 is 0 Å². The van der Waals surface area contributed by atoms with Gasteiger partial charge in [0.1, 0.15) is 5.82 Å². The minimum Gasteiger partial charge on any atom is -0.289 e. The van der Waals surface area contributed by atoms with E-state index in [0.717, 1.165) is 31.9 Å². The van der Waals surface area contributed by atoms with Crippen LogP contribution in [-0.2, 0) is 0 Å². The molecule has 0 unspecified atom stereocenters. The Kier molecular flexibility index (Phi) is 3.44. The number of hydrogen-bond acceptors (Lipinski definition) is 2. The van der Waals surface area contributed by atoms with Gasteiger partial charge in [0.15, 0.2) is 5.78 Å². The van der Waals surface area contributed by atoms with Crippen LogP contribution >= 0.6 is 0 Å². The van der Waals surface area contributed by atoms with Gasteiger partial charge < -0.3 is 0 Å². The maximum Gasteiger partial charge on any atom is 0.187 e. The summed E-state index contributed by atoms with van der Waals surface area (Å²) in [4.78, 5) is 15.5. The zero-order valence-electron chi connectivity index (χ0n) is 9.08. The van der Waals surface area contributed by atoms with Gasteiger partial charge in [-0.3, -0.25) is 9.78 Å². The number of carbonyl (C=O) groups excluding carboxylic acids is 1. The van der Waals surface area contributed by atoms with E-state index in [4.69, 9.17) is 0 Å². The van der Waals surface area contributed by atoms with Gasteiger partial charge in [-0.2, -0.15) is 0 Å². The molecule has 1 aliphatic carbocycles. The Hall–Kier alpha value is -1.51. The Morgan fingerprint density at radius 2 is 2.00 bits per heavy atom. The molecule has 0 atom stereocenters. The number of nitrogens with zero attached hydrogens (tertiary/aromatic N) is 1. The van der Waals surface area contributed by atoms with Crippen LogP contribution in [0.2, 0.25) is 0 Å². The molecule has 0 radical (unpaired) electrons. The third-order valence-electron chi connectivity index (χ3n) is 2.82. The second kappa shape index (κ2) is 5.01. The molecule has 1 saturated carbocycles. The van der Waals surface area contributed by atoms with Crippen LogP contribution in [0.25, 0.3) is 0 Å². The molecule has 2 nitrogen and oxygen atoms in total. The van der Waals surface area contributed by atoms with E-state index in [0.29, 0.717) is 5.56 Å². The number of aromatic nitrogens is 1. The van der Waals surface area contributed by atoms with Gasteiger partial charge in [-0.15, -0.1) is 0 Å². The van der Waals surface area contributed by atoms with Crippen LogP contribution in [0.4, 0.5) is 4.39 Å². The van der Waals surface area contributed by atoms with Crippen LogP contribution in [0.15, 0.2) is 30.1 Å². The van der Waals surface area contributed by atoms with Crippen molar-refractivity contribution in [3.8, 4) is 0 Å². The smallest absolute Gasteiger partial charge is 0.187 e. The third-order valence-corrected chi connectivity index (χ3v) is 2.82. The molecule has 3 heteroatoms. The average Bonchev–Trinajstić information content (AvgIpc) is 2.30. The molecule has 2 rings (SSSR count). The molecule has 0 amide bonds. The van der Waals surface area contributed by atoms with Crippen LogP contribution < -0.4 is 0 Å². The van der Waals surface area contributed by atoms with Gasteiger partial charge in [-0.1, -0.05) is 12.0 Å². The van der Waals surface area contributed by atoms with Crippen LogP contribution in [0, 0.1) is 5.82 Å². The first-order chi connectivity index (χ1) is 7.75. The number of rotatable bonds is 2. The molecule has 84 valence electrons. The molecular formula is C13H14FNO. The molecule has 0 aliphatic heterocycles. The molecule has 0 N–H and O–H groups in total. The molecular weight excluding hydrogens is 205 g/mol. The number of hydrogen-bond donors (Lipinski definition) is 0. The highest BCUT2D eigenvalue weighted by Gasteiger charge is 2.09. The molecule has 0 aromatic carbocycles. The molecule has 0 bridgehead atoms. The maximum absolute atomic E-state index is 12.9. The normalized spacial score (nSPS) is 15.9. The van der Waals surface area contributed by atoms with Crippen molar-refractivity contribution in [3.05, 3.63) is 41.5 Å². The van der Waals surface area contributed by atoms with Crippen LogP contribution in [-0.4, -0.2) is 10.8 Å². The third kappa shape index (κ3) is 2.75. The van der Waals surface area contributed by atoms with E-state index in [9.17, 15) is 9.18 Å². The first-order valence-corrected chi connectivity index (χ1v) is 5.60. The summed E-state index contributed by atoms with van der Waals surface area (Å²) < 4.78 is 12.9. The fraction of sp³-hybridized carbons (Fsp3) is 0.385. The molecule has 16 heavy (non-hydrogen) atoms. The Bertz CT molecular complexity index is 418. The van der Waals surface area contributed by atoms with Gasteiger partial charge in [0.25, 0.3) is 0 Å². The lowest BCUT2D eigenvalue weighted by atomic mass is 9.93. The van der Waals surface area contributed by atoms with Crippen molar-refractivity contribution in [2.75, 3.05) is 0 Å². The minimum atomic E-state index is -0.465. The van der Waals surface area contributed by atoms with Crippen molar-refractivity contribution in [3.63, 3.8) is 0 Å². The zero-order chi connectivity index (χ0) is 11.4. The summed E-state index contributed by atoms with van der Waals surface area (Å²) in [5, 5.41) is 0. The summed E-state index contributed by atoms with van der Waals surface area (Å²) in [6.07, 6.45) is 9.70. The van der Waals surface area contributed by atoms with Gasteiger partial charge in [0, 0.05) is 11.8 Å². The Labute approximate surface area is 94.2 Å². The maximum atomic E-state index is 12.9. The molecule has 0 spiro atoms. The minimum absolute atomic E-state index is 0.135. The van der Waals surface area contributed by atoms with Gasteiger partial charge in [-0.05, 0) is 37.8 Å². The van der Waals surface area contributed by atoms with Gasteiger partial charge >= 0.3 is 0 Å². The summed E-state index contributed by atoms with van der Waals surface area (Å²) in [6.45, 7) is 0. The predicted molar refractivity (Wildman–Crippen MR) is 59.7 cm³/mol. The second-order valence-corrected chi connectivity index (χ2v) is 4.12. The highest BCUT2D eigenvalue weighted by atomic mass is 19.1. The topological polar surface area (TPSA) is 30.0 Å². The lowest BCUT2D eigenvalue weighted by Gasteiger charge is -2.12. The lowest BCUT2D eigenvalue weighted by molar-refractivity contribution is 0.104. The fourth-order valence-corrected chi connectivity index (χ4v) is 1.97. The highest BCUT2D eigenvalue weighted by molar-refractivity contribution is 6.04. The van der Waals surface area contributed by atoms with Crippen molar-refractivity contribution in [1.82, 2.24) is 4.98 Å². The van der Waals surface area contributed by atoms with Crippen LogP contribution in [0.3, 0.4) is 0 Å². The number of halogens is 1. The van der Waals surface area contributed by atoms with Crippen LogP contribution in [0.5, 0.6) is 0 Å². The lowest BCUT2D eigenvalue weighted by Crippen LogP contribution is -2.01. The summed E-state index contributed by atoms with van der Waals surface area (Å²) in [5.41, 5.74) is 1.51. The highest BCUT2D eigenvalue weighted by Crippen LogP contribution is 2.23. The van der Waals surface area contributed by atoms with Crippen molar-refractivity contribution in [2.45, 2.75) is 32.1 Å². The van der Waals surface area contributed by atoms with Gasteiger partial charge in [0.2, 0.25) is 0 Å². The second-order valence-electron chi connectivity index (χ2n) is 4.12. The van der Waals surface area contributed by atoms with E-state index in [-0.39, 0.29) is 5.78 Å². The summed E-state index contributed by atoms with van der Waals surface area (Å²) >= 11 is 0. The molecule has 1 aliphatic rings. The van der Waals surface area contributed by atoms with E-state index < -0.39 is 5.82 Å². The number of allylic oxidation sites excluding steroid dienone is 2. The van der Waals surface area contributed by atoms with E-state index in [1.54, 1.807) is 6.08 Å². The first-order valence-electron chi connectivity index (χ1n) is 5.60. The Morgan fingerprint density at radius 3 is 2.69 bits per heavy atom. The van der Waals surface area contributed by atoms with Gasteiger partial charge in [0.05, 0.1) is 6.20 Å². The summed E-state index contributed by atoms with van der Waals surface area (Å²) in [5.74, 6) is -0.600. The molecule has 1 heterocycles. The summed E-state index contributed by atoms with van der Waals surface area (Å²) in [6, 6.07) is 1.23. The Balaban J connectivity index is 2.13. The molecule has 1 aromatic rings. The zero-order valence-corrected chi connectivity index (χ0v) is 9.08. The molecule has 1 aromatic heterocycles. The summed E-state index contributed by atoms with van der Waals surface area (Å²) in [7, 11) is 0. The average molecular weight is 219 g/mol. The number of ketones is 1. The predicted octanol–water partition coefficient (Wildman–Crippen LogP) is 3.29. The molecule has 1 fully saturated rings. The van der Waals surface area contributed by atoms with Crippen molar-refractivity contribution in [2.24, 2.45) is 0 Å². The monoisotopic (exact) mass is 219 g/mol. The van der Waals surface area contributed by atoms with Crippen LogP contribution in [0.1, 0.15) is 42.5 Å². The van der Waals surface area contributed by atoms with Crippen molar-refractivity contribution < 1.29 is 9.18 Å². The van der Waals surface area contributed by atoms with E-state index in [1.807, 2.05) is 0 Å². The first kappa shape index (κ1) is 11.0. The SMILES string of the molecule is O=C(C=C1CCCCC1)c1cncc(F)c1. The number of pyridine rings is 1. The molecule has 0 saturated heterocycles. The quantitative estimate of drug-likeness (QED) is 0.564. The standard InChI is InChI=1S/C13H14FNO/c14-12-7-11(8-15-9-12)13(16)6-10-4-2-1-3-5-10/h6-9H,1-5H2.